The fraction of sp³-hybridized carbons (Fsp3) is 0.455. The number of nitrogens with two attached hydrogens (primary N) is 1. The highest BCUT2D eigenvalue weighted by Crippen LogP contribution is 2.39. The van der Waals surface area contributed by atoms with E-state index in [9.17, 15) is 4.57 Å². The second kappa shape index (κ2) is 9.34. The lowest BCUT2D eigenvalue weighted by atomic mass is 9.90. The first-order valence-corrected chi connectivity index (χ1v) is 11.8. The van der Waals surface area contributed by atoms with Gasteiger partial charge in [0, 0.05) is 25.2 Å². The lowest BCUT2D eigenvalue weighted by Gasteiger charge is -2.36. The van der Waals surface area contributed by atoms with Crippen molar-refractivity contribution in [2.75, 3.05) is 0 Å². The molecule has 3 rings (SSSR count). The maximum atomic E-state index is 11.2. The van der Waals surface area contributed by atoms with Crippen molar-refractivity contribution >= 4 is 7.60 Å². The molecule has 0 aromatic heterocycles. The van der Waals surface area contributed by atoms with Gasteiger partial charge in [-0.15, -0.1) is 0 Å². The Bertz CT molecular complexity index is 794. The van der Waals surface area contributed by atoms with Crippen molar-refractivity contribution in [3.05, 3.63) is 70.8 Å². The zero-order valence-corrected chi connectivity index (χ0v) is 17.4. The van der Waals surface area contributed by atoms with E-state index < -0.39 is 7.60 Å². The van der Waals surface area contributed by atoms with Gasteiger partial charge in [-0.05, 0) is 49.3 Å². The number of hydrogen-bond acceptors (Lipinski definition) is 3. The first-order chi connectivity index (χ1) is 13.3. The molecule has 0 spiro atoms. The molecule has 0 heterocycles. The molecule has 1 saturated carbocycles. The third kappa shape index (κ3) is 6.54. The van der Waals surface area contributed by atoms with E-state index in [0.717, 1.165) is 44.3 Å². The normalized spacial score (nSPS) is 20.5. The van der Waals surface area contributed by atoms with E-state index in [1.807, 2.05) is 24.3 Å². The van der Waals surface area contributed by atoms with Crippen LogP contribution >= 0.6 is 7.60 Å². The summed E-state index contributed by atoms with van der Waals surface area (Å²) < 4.78 is 11.2. The Hall–Kier alpha value is -1.49. The van der Waals surface area contributed by atoms with Crippen molar-refractivity contribution in [1.82, 2.24) is 4.90 Å². The fourth-order valence-corrected chi connectivity index (χ4v) is 4.62. The van der Waals surface area contributed by atoms with Gasteiger partial charge in [-0.25, -0.2) is 0 Å². The lowest BCUT2D eigenvalue weighted by Crippen LogP contribution is -2.40. The second-order valence-electron chi connectivity index (χ2n) is 8.10. The Labute approximate surface area is 167 Å². The van der Waals surface area contributed by atoms with Gasteiger partial charge in [0.25, 0.3) is 0 Å². The third-order valence-corrected chi connectivity index (χ3v) is 6.34. The molecule has 1 fully saturated rings. The number of hydrogen-bond donors (Lipinski definition) is 3. The predicted molar refractivity (Wildman–Crippen MR) is 113 cm³/mol. The van der Waals surface area contributed by atoms with Crippen molar-refractivity contribution in [3.63, 3.8) is 0 Å². The van der Waals surface area contributed by atoms with Gasteiger partial charge >= 0.3 is 7.60 Å². The van der Waals surface area contributed by atoms with Gasteiger partial charge in [-0.3, -0.25) is 9.46 Å². The maximum Gasteiger partial charge on any atom is 0.329 e. The molecule has 0 atom stereocenters. The van der Waals surface area contributed by atoms with E-state index in [2.05, 4.69) is 36.1 Å². The van der Waals surface area contributed by atoms with Gasteiger partial charge in [0.05, 0.1) is 6.16 Å². The molecule has 1 aliphatic carbocycles. The standard InChI is InChI=1S/C22H31N2O3P/c1-17-2-4-18(5-3-17)14-24(22-12-10-21(23)11-13-22)15-19-6-8-20(9-7-19)16-28(25,26)27/h2-9,21-22H,10-16,23H2,1H3,(H2,25,26,27). The Morgan fingerprint density at radius 1 is 0.893 bits per heavy atom. The molecule has 0 radical (unpaired) electrons. The molecule has 4 N–H and O–H groups in total. The minimum absolute atomic E-state index is 0.207. The summed E-state index contributed by atoms with van der Waals surface area (Å²) in [7, 11) is -4.03. The maximum absolute atomic E-state index is 11.2. The number of benzene rings is 2. The molecule has 6 heteroatoms. The van der Waals surface area contributed by atoms with Crippen LogP contribution in [0.25, 0.3) is 0 Å². The van der Waals surface area contributed by atoms with Crippen LogP contribution in [-0.4, -0.2) is 26.8 Å². The van der Waals surface area contributed by atoms with E-state index in [4.69, 9.17) is 15.5 Å². The summed E-state index contributed by atoms with van der Waals surface area (Å²) in [6, 6.07) is 17.2. The van der Waals surface area contributed by atoms with Crippen LogP contribution in [0.15, 0.2) is 48.5 Å². The smallest absolute Gasteiger partial charge is 0.328 e. The molecule has 0 amide bonds. The molecule has 0 saturated heterocycles. The highest BCUT2D eigenvalue weighted by Gasteiger charge is 2.24. The van der Waals surface area contributed by atoms with Crippen LogP contribution in [0.1, 0.15) is 47.9 Å². The summed E-state index contributed by atoms with van der Waals surface area (Å²) in [6.07, 6.45) is 4.15. The van der Waals surface area contributed by atoms with E-state index >= 15 is 0 Å². The average Bonchev–Trinajstić information content (AvgIpc) is 2.64. The lowest BCUT2D eigenvalue weighted by molar-refractivity contribution is 0.134. The van der Waals surface area contributed by atoms with Gasteiger partial charge in [0.15, 0.2) is 0 Å². The van der Waals surface area contributed by atoms with Crippen molar-refractivity contribution < 1.29 is 14.4 Å². The van der Waals surface area contributed by atoms with Crippen LogP contribution in [0.4, 0.5) is 0 Å². The highest BCUT2D eigenvalue weighted by atomic mass is 31.2. The molecular weight excluding hydrogens is 371 g/mol. The third-order valence-electron chi connectivity index (χ3n) is 5.56. The van der Waals surface area contributed by atoms with E-state index in [0.29, 0.717) is 17.6 Å². The number of aryl methyl sites for hydroxylation is 1. The number of nitrogens with zero attached hydrogens (tertiary/aromatic N) is 1. The molecule has 0 aliphatic heterocycles. The molecular formula is C22H31N2O3P. The van der Waals surface area contributed by atoms with E-state index in [1.54, 1.807) is 0 Å². The van der Waals surface area contributed by atoms with E-state index in [1.165, 1.54) is 11.1 Å². The van der Waals surface area contributed by atoms with Gasteiger partial charge in [-0.1, -0.05) is 54.1 Å². The molecule has 0 unspecified atom stereocenters. The molecule has 2 aromatic rings. The quantitative estimate of drug-likeness (QED) is 0.611. The van der Waals surface area contributed by atoms with Crippen LogP contribution < -0.4 is 5.73 Å². The first-order valence-electron chi connectivity index (χ1n) is 9.96. The average molecular weight is 402 g/mol. The Balaban J connectivity index is 1.72. The summed E-state index contributed by atoms with van der Waals surface area (Å²) in [5, 5.41) is 0. The van der Waals surface area contributed by atoms with Crippen molar-refractivity contribution in [2.45, 2.75) is 63.9 Å². The van der Waals surface area contributed by atoms with Gasteiger partial charge in [-0.2, -0.15) is 0 Å². The second-order valence-corrected chi connectivity index (χ2v) is 9.74. The zero-order valence-electron chi connectivity index (χ0n) is 16.5. The summed E-state index contributed by atoms with van der Waals surface area (Å²) in [5.41, 5.74) is 10.5. The van der Waals surface area contributed by atoms with Gasteiger partial charge in [0.2, 0.25) is 0 Å². The molecule has 152 valence electrons. The predicted octanol–water partition coefficient (Wildman–Crippen LogP) is 3.94. The Morgan fingerprint density at radius 2 is 1.36 bits per heavy atom. The van der Waals surface area contributed by atoms with Gasteiger partial charge < -0.3 is 15.5 Å². The minimum atomic E-state index is -4.03. The monoisotopic (exact) mass is 402 g/mol. The Kier molecular flexibility index (Phi) is 7.08. The molecule has 2 aromatic carbocycles. The fourth-order valence-electron chi connectivity index (χ4n) is 3.93. The first kappa shape index (κ1) is 21.2. The summed E-state index contributed by atoms with van der Waals surface area (Å²) in [4.78, 5) is 20.8. The van der Waals surface area contributed by atoms with Crippen molar-refractivity contribution in [2.24, 2.45) is 5.73 Å². The largest absolute Gasteiger partial charge is 0.329 e. The SMILES string of the molecule is Cc1ccc(CN(Cc2ccc(CP(=O)(O)O)cc2)C2CCC(N)CC2)cc1. The number of rotatable bonds is 7. The molecule has 5 nitrogen and oxygen atoms in total. The summed E-state index contributed by atoms with van der Waals surface area (Å²) in [6.45, 7) is 3.82. The minimum Gasteiger partial charge on any atom is -0.328 e. The van der Waals surface area contributed by atoms with Gasteiger partial charge in [0.1, 0.15) is 0 Å². The topological polar surface area (TPSA) is 86.8 Å². The van der Waals surface area contributed by atoms with Crippen LogP contribution in [-0.2, 0) is 23.8 Å². The molecule has 0 bridgehead atoms. The van der Waals surface area contributed by atoms with Crippen molar-refractivity contribution in [3.8, 4) is 0 Å². The molecule has 28 heavy (non-hydrogen) atoms. The van der Waals surface area contributed by atoms with Crippen LogP contribution in [0.5, 0.6) is 0 Å². The van der Waals surface area contributed by atoms with Crippen LogP contribution in [0.2, 0.25) is 0 Å². The van der Waals surface area contributed by atoms with Crippen molar-refractivity contribution in [1.29, 1.82) is 0 Å². The van der Waals surface area contributed by atoms with E-state index in [-0.39, 0.29) is 6.16 Å². The van der Waals surface area contributed by atoms with Crippen LogP contribution in [0.3, 0.4) is 0 Å². The highest BCUT2D eigenvalue weighted by molar-refractivity contribution is 7.50. The zero-order chi connectivity index (χ0) is 20.1. The van der Waals surface area contributed by atoms with Crippen LogP contribution in [0, 0.1) is 6.92 Å². The molecule has 1 aliphatic rings. The Morgan fingerprint density at radius 3 is 1.86 bits per heavy atom. The summed E-state index contributed by atoms with van der Waals surface area (Å²) >= 11 is 0. The summed E-state index contributed by atoms with van der Waals surface area (Å²) in [5.74, 6) is 0.